The van der Waals surface area contributed by atoms with Crippen molar-refractivity contribution in [2.24, 2.45) is 0 Å². The molecule has 106 valence electrons. The SMILES string of the molecule is O=C(COc1cc(F)cc(Br)c1)c1coc2ccccc12. The third-order valence-electron chi connectivity index (χ3n) is 2.99. The van der Waals surface area contributed by atoms with Crippen LogP contribution in [0.1, 0.15) is 10.4 Å². The average Bonchev–Trinajstić information content (AvgIpc) is 2.88. The standard InChI is InChI=1S/C16H10BrFO3/c17-10-5-11(18)7-12(6-10)20-9-15(19)14-8-21-16-4-2-1-3-13(14)16/h1-8H,9H2. The Morgan fingerprint density at radius 1 is 1.24 bits per heavy atom. The minimum Gasteiger partial charge on any atom is -0.485 e. The van der Waals surface area contributed by atoms with E-state index in [0.29, 0.717) is 21.4 Å². The van der Waals surface area contributed by atoms with Crippen molar-refractivity contribution in [3.05, 3.63) is 64.6 Å². The number of carbonyl (C=O) groups excluding carboxylic acids is 1. The zero-order valence-electron chi connectivity index (χ0n) is 10.8. The number of halogens is 2. The molecular formula is C16H10BrFO3. The summed E-state index contributed by atoms with van der Waals surface area (Å²) < 4.78 is 24.4. The molecule has 0 aliphatic carbocycles. The first kappa shape index (κ1) is 13.8. The van der Waals surface area contributed by atoms with Crippen LogP contribution in [0.2, 0.25) is 0 Å². The van der Waals surface area contributed by atoms with Gasteiger partial charge in [0.2, 0.25) is 5.78 Å². The maximum absolute atomic E-state index is 13.2. The summed E-state index contributed by atoms with van der Waals surface area (Å²) in [7, 11) is 0. The highest BCUT2D eigenvalue weighted by Gasteiger charge is 2.14. The minimum absolute atomic E-state index is 0.181. The molecule has 0 radical (unpaired) electrons. The minimum atomic E-state index is -0.430. The van der Waals surface area contributed by atoms with Crippen molar-refractivity contribution < 1.29 is 18.3 Å². The number of hydrogen-bond acceptors (Lipinski definition) is 3. The lowest BCUT2D eigenvalue weighted by atomic mass is 10.1. The molecule has 0 fully saturated rings. The van der Waals surface area contributed by atoms with Crippen LogP contribution in [0.4, 0.5) is 4.39 Å². The molecule has 3 aromatic rings. The molecule has 0 aliphatic heterocycles. The molecule has 3 nitrogen and oxygen atoms in total. The van der Waals surface area contributed by atoms with Gasteiger partial charge in [0.1, 0.15) is 23.4 Å². The van der Waals surface area contributed by atoms with Gasteiger partial charge in [0, 0.05) is 15.9 Å². The number of hydrogen-bond donors (Lipinski definition) is 0. The molecule has 0 bridgehead atoms. The Balaban J connectivity index is 1.77. The topological polar surface area (TPSA) is 39.4 Å². The van der Waals surface area contributed by atoms with Crippen LogP contribution in [0.15, 0.2) is 57.6 Å². The van der Waals surface area contributed by atoms with Gasteiger partial charge < -0.3 is 9.15 Å². The van der Waals surface area contributed by atoms with Gasteiger partial charge in [-0.2, -0.15) is 0 Å². The van der Waals surface area contributed by atoms with Crippen molar-refractivity contribution in [1.29, 1.82) is 0 Å². The number of ether oxygens (including phenoxy) is 1. The van der Waals surface area contributed by atoms with Gasteiger partial charge in [0.15, 0.2) is 6.61 Å². The van der Waals surface area contributed by atoms with E-state index < -0.39 is 5.82 Å². The number of para-hydroxylation sites is 1. The zero-order valence-corrected chi connectivity index (χ0v) is 12.4. The molecule has 2 aromatic carbocycles. The Hall–Kier alpha value is -2.14. The van der Waals surface area contributed by atoms with E-state index in [2.05, 4.69) is 15.9 Å². The van der Waals surface area contributed by atoms with Crippen LogP contribution in [0, 0.1) is 5.82 Å². The fourth-order valence-electron chi connectivity index (χ4n) is 2.03. The van der Waals surface area contributed by atoms with Crippen molar-refractivity contribution in [3.63, 3.8) is 0 Å². The number of fused-ring (bicyclic) bond motifs is 1. The van der Waals surface area contributed by atoms with Crippen molar-refractivity contribution in [1.82, 2.24) is 0 Å². The third kappa shape index (κ3) is 2.97. The first-order valence-corrected chi connectivity index (χ1v) is 7.01. The maximum atomic E-state index is 13.2. The van der Waals surface area contributed by atoms with E-state index in [1.54, 1.807) is 12.1 Å². The number of rotatable bonds is 4. The predicted octanol–water partition coefficient (Wildman–Crippen LogP) is 4.60. The summed E-state index contributed by atoms with van der Waals surface area (Å²) in [6.45, 7) is -0.181. The van der Waals surface area contributed by atoms with Crippen molar-refractivity contribution in [2.45, 2.75) is 0 Å². The van der Waals surface area contributed by atoms with Crippen LogP contribution in [-0.2, 0) is 0 Å². The van der Waals surface area contributed by atoms with E-state index >= 15 is 0 Å². The molecule has 0 saturated carbocycles. The smallest absolute Gasteiger partial charge is 0.204 e. The molecule has 1 heterocycles. The van der Waals surface area contributed by atoms with E-state index in [1.165, 1.54) is 18.4 Å². The van der Waals surface area contributed by atoms with E-state index in [1.807, 2.05) is 18.2 Å². The Kier molecular flexibility index (Phi) is 3.75. The molecule has 0 unspecified atom stereocenters. The normalized spacial score (nSPS) is 10.8. The number of ketones is 1. The van der Waals surface area contributed by atoms with E-state index in [0.717, 1.165) is 5.39 Å². The Morgan fingerprint density at radius 2 is 2.05 bits per heavy atom. The summed E-state index contributed by atoms with van der Waals surface area (Å²) in [6.07, 6.45) is 1.41. The third-order valence-corrected chi connectivity index (χ3v) is 3.45. The fraction of sp³-hybridized carbons (Fsp3) is 0.0625. The molecule has 3 rings (SSSR count). The van der Waals surface area contributed by atoms with Gasteiger partial charge in [0.25, 0.3) is 0 Å². The summed E-state index contributed by atoms with van der Waals surface area (Å²) in [5.74, 6) is -0.357. The lowest BCUT2D eigenvalue weighted by Gasteiger charge is -2.05. The Bertz CT molecular complexity index is 790. The largest absolute Gasteiger partial charge is 0.485 e. The van der Waals surface area contributed by atoms with Crippen molar-refractivity contribution >= 4 is 32.7 Å². The predicted molar refractivity (Wildman–Crippen MR) is 80.1 cm³/mol. The first-order chi connectivity index (χ1) is 10.1. The monoisotopic (exact) mass is 348 g/mol. The summed E-state index contributed by atoms with van der Waals surface area (Å²) in [5, 5.41) is 0.742. The highest BCUT2D eigenvalue weighted by molar-refractivity contribution is 9.10. The summed E-state index contributed by atoms with van der Waals surface area (Å²) in [6, 6.07) is 11.4. The highest BCUT2D eigenvalue weighted by Crippen LogP contribution is 2.23. The number of carbonyl (C=O) groups is 1. The number of Topliss-reactive ketones (excluding diaryl/α,β-unsaturated/α-hetero) is 1. The van der Waals surface area contributed by atoms with Crippen LogP contribution in [0.25, 0.3) is 11.0 Å². The van der Waals surface area contributed by atoms with Gasteiger partial charge in [0.05, 0.1) is 5.56 Å². The molecule has 21 heavy (non-hydrogen) atoms. The van der Waals surface area contributed by atoms with Gasteiger partial charge in [-0.25, -0.2) is 4.39 Å². The van der Waals surface area contributed by atoms with Gasteiger partial charge in [-0.3, -0.25) is 4.79 Å². The van der Waals surface area contributed by atoms with E-state index in [-0.39, 0.29) is 12.4 Å². The van der Waals surface area contributed by atoms with Crippen LogP contribution < -0.4 is 4.74 Å². The van der Waals surface area contributed by atoms with Crippen LogP contribution in [0.5, 0.6) is 5.75 Å². The number of benzene rings is 2. The lowest BCUT2D eigenvalue weighted by Crippen LogP contribution is -2.11. The van der Waals surface area contributed by atoms with Crippen molar-refractivity contribution in [3.8, 4) is 5.75 Å². The maximum Gasteiger partial charge on any atom is 0.204 e. The fourth-order valence-corrected chi connectivity index (χ4v) is 2.48. The van der Waals surface area contributed by atoms with Gasteiger partial charge >= 0.3 is 0 Å². The summed E-state index contributed by atoms with van der Waals surface area (Å²) in [4.78, 5) is 12.2. The molecule has 0 amide bonds. The average molecular weight is 349 g/mol. The second-order valence-corrected chi connectivity index (χ2v) is 5.38. The Morgan fingerprint density at radius 3 is 2.86 bits per heavy atom. The molecule has 0 N–H and O–H groups in total. The highest BCUT2D eigenvalue weighted by atomic mass is 79.9. The first-order valence-electron chi connectivity index (χ1n) is 6.22. The van der Waals surface area contributed by atoms with E-state index in [4.69, 9.17) is 9.15 Å². The lowest BCUT2D eigenvalue weighted by molar-refractivity contribution is 0.0922. The summed E-state index contributed by atoms with van der Waals surface area (Å²) in [5.41, 5.74) is 1.11. The van der Waals surface area contributed by atoms with Gasteiger partial charge in [-0.1, -0.05) is 34.1 Å². The van der Waals surface area contributed by atoms with Crippen LogP contribution in [-0.4, -0.2) is 12.4 Å². The quantitative estimate of drug-likeness (QED) is 0.647. The molecule has 5 heteroatoms. The molecule has 0 atom stereocenters. The number of furan rings is 1. The second-order valence-electron chi connectivity index (χ2n) is 4.46. The molecule has 1 aromatic heterocycles. The van der Waals surface area contributed by atoms with Crippen LogP contribution >= 0.6 is 15.9 Å². The van der Waals surface area contributed by atoms with E-state index in [9.17, 15) is 9.18 Å². The van der Waals surface area contributed by atoms with Crippen molar-refractivity contribution in [2.75, 3.05) is 6.61 Å². The molecular weight excluding hydrogens is 339 g/mol. The Labute approximate surface area is 128 Å². The van der Waals surface area contributed by atoms with Crippen LogP contribution in [0.3, 0.4) is 0 Å². The van der Waals surface area contributed by atoms with Gasteiger partial charge in [-0.15, -0.1) is 0 Å². The molecule has 0 aliphatic rings. The second kappa shape index (κ2) is 5.69. The van der Waals surface area contributed by atoms with Gasteiger partial charge in [-0.05, 0) is 18.2 Å². The molecule has 0 spiro atoms. The molecule has 0 saturated heterocycles. The summed E-state index contributed by atoms with van der Waals surface area (Å²) >= 11 is 3.17. The zero-order chi connectivity index (χ0) is 14.8.